The number of allylic oxidation sites excluding steroid dienone is 1. The highest BCUT2D eigenvalue weighted by molar-refractivity contribution is 6.12. The van der Waals surface area contributed by atoms with Crippen LogP contribution in [0.3, 0.4) is 0 Å². The molecule has 3 aromatic rings. The lowest BCUT2D eigenvalue weighted by molar-refractivity contribution is -0.112. The summed E-state index contributed by atoms with van der Waals surface area (Å²) in [5.41, 5.74) is 7.26. The van der Waals surface area contributed by atoms with Crippen LogP contribution in [0.5, 0.6) is 0 Å². The molecule has 0 saturated heterocycles. The van der Waals surface area contributed by atoms with Crippen LogP contribution in [0.1, 0.15) is 15.9 Å². The van der Waals surface area contributed by atoms with Gasteiger partial charge in [0.05, 0.1) is 18.4 Å². The van der Waals surface area contributed by atoms with Crippen LogP contribution in [0, 0.1) is 5.82 Å². The van der Waals surface area contributed by atoms with E-state index in [1.807, 2.05) is 0 Å². The lowest BCUT2D eigenvalue weighted by atomic mass is 10.1. The summed E-state index contributed by atoms with van der Waals surface area (Å²) in [4.78, 5) is 24.2. The number of amides is 1. The molecule has 3 rings (SSSR count). The minimum Gasteiger partial charge on any atom is -0.394 e. The molecule has 136 valence electrons. The van der Waals surface area contributed by atoms with E-state index in [4.69, 9.17) is 5.73 Å². The molecule has 2 aromatic carbocycles. The van der Waals surface area contributed by atoms with Crippen molar-refractivity contribution in [1.29, 1.82) is 0 Å². The second-order valence-corrected chi connectivity index (χ2v) is 5.84. The number of carbonyl (C=O) groups is 2. The second kappa shape index (κ2) is 8.09. The van der Waals surface area contributed by atoms with E-state index in [9.17, 15) is 14.0 Å². The van der Waals surface area contributed by atoms with Crippen molar-refractivity contribution in [2.24, 2.45) is 5.73 Å². The number of ketones is 1. The van der Waals surface area contributed by atoms with Crippen molar-refractivity contribution in [3.05, 3.63) is 95.7 Å². The molecule has 0 saturated carbocycles. The van der Waals surface area contributed by atoms with Gasteiger partial charge in [-0.25, -0.2) is 4.39 Å². The summed E-state index contributed by atoms with van der Waals surface area (Å²) in [7, 11) is 0. The molecule has 27 heavy (non-hydrogen) atoms. The van der Waals surface area contributed by atoms with E-state index in [2.05, 4.69) is 10.4 Å². The van der Waals surface area contributed by atoms with Gasteiger partial charge < -0.3 is 11.1 Å². The molecular weight excluding hydrogens is 347 g/mol. The summed E-state index contributed by atoms with van der Waals surface area (Å²) in [6.45, 7) is 0.425. The summed E-state index contributed by atoms with van der Waals surface area (Å²) >= 11 is 0. The molecule has 0 aliphatic rings. The predicted octanol–water partition coefficient (Wildman–Crippen LogP) is 2.73. The molecule has 0 fully saturated rings. The van der Waals surface area contributed by atoms with Gasteiger partial charge in [-0.05, 0) is 17.7 Å². The number of nitrogens with two attached hydrogens (primary N) is 1. The molecule has 6 nitrogen and oxygen atoms in total. The number of hydrogen-bond acceptors (Lipinski definition) is 4. The SMILES string of the molecule is NC(=CC(=O)c1ccccc1)C(=O)Nc1cnn(Cc2ccc(F)cc2)c1. The molecule has 0 radical (unpaired) electrons. The third-order valence-electron chi connectivity index (χ3n) is 3.76. The first-order valence-electron chi connectivity index (χ1n) is 8.16. The van der Waals surface area contributed by atoms with Gasteiger partial charge in [-0.15, -0.1) is 0 Å². The Labute approximate surface area is 155 Å². The molecule has 0 bridgehead atoms. The number of rotatable bonds is 6. The van der Waals surface area contributed by atoms with Crippen LogP contribution >= 0.6 is 0 Å². The van der Waals surface area contributed by atoms with E-state index in [1.54, 1.807) is 53.3 Å². The Morgan fingerprint density at radius 1 is 1.11 bits per heavy atom. The van der Waals surface area contributed by atoms with E-state index in [1.165, 1.54) is 18.3 Å². The summed E-state index contributed by atoms with van der Waals surface area (Å²) in [5.74, 6) is -1.25. The second-order valence-electron chi connectivity index (χ2n) is 5.84. The van der Waals surface area contributed by atoms with Crippen LogP contribution in [0.2, 0.25) is 0 Å². The Hall–Kier alpha value is -3.74. The standard InChI is InChI=1S/C20H17FN4O2/c21-16-8-6-14(7-9-16)12-25-13-17(11-23-25)24-20(27)18(22)10-19(26)15-4-2-1-3-5-15/h1-11,13H,12,22H2,(H,24,27). The summed E-state index contributed by atoms with van der Waals surface area (Å²) in [6, 6.07) is 14.6. The lowest BCUT2D eigenvalue weighted by Gasteiger charge is -2.03. The molecule has 0 unspecified atom stereocenters. The van der Waals surface area contributed by atoms with Crippen LogP contribution in [0.4, 0.5) is 10.1 Å². The summed E-state index contributed by atoms with van der Waals surface area (Å²) in [6.07, 6.45) is 4.18. The predicted molar refractivity (Wildman–Crippen MR) is 99.4 cm³/mol. The van der Waals surface area contributed by atoms with Crippen molar-refractivity contribution >= 4 is 17.4 Å². The number of benzene rings is 2. The van der Waals surface area contributed by atoms with Crippen molar-refractivity contribution in [2.45, 2.75) is 6.54 Å². The first-order valence-corrected chi connectivity index (χ1v) is 8.16. The molecule has 1 aromatic heterocycles. The zero-order valence-corrected chi connectivity index (χ0v) is 14.3. The molecule has 0 aliphatic carbocycles. The van der Waals surface area contributed by atoms with E-state index >= 15 is 0 Å². The first kappa shape index (κ1) is 18.1. The number of nitrogens with zero attached hydrogens (tertiary/aromatic N) is 2. The van der Waals surface area contributed by atoms with Crippen LogP contribution in [-0.2, 0) is 11.3 Å². The first-order chi connectivity index (χ1) is 13.0. The van der Waals surface area contributed by atoms with Gasteiger partial charge in [-0.3, -0.25) is 14.3 Å². The van der Waals surface area contributed by atoms with Crippen LogP contribution < -0.4 is 11.1 Å². The zero-order valence-electron chi connectivity index (χ0n) is 14.3. The van der Waals surface area contributed by atoms with E-state index in [0.717, 1.165) is 11.6 Å². The highest BCUT2D eigenvalue weighted by atomic mass is 19.1. The highest BCUT2D eigenvalue weighted by Crippen LogP contribution is 2.10. The molecule has 7 heteroatoms. The van der Waals surface area contributed by atoms with Crippen molar-refractivity contribution in [2.75, 3.05) is 5.32 Å². The Morgan fingerprint density at radius 2 is 1.81 bits per heavy atom. The maximum Gasteiger partial charge on any atom is 0.271 e. The van der Waals surface area contributed by atoms with Crippen LogP contribution in [-0.4, -0.2) is 21.5 Å². The Morgan fingerprint density at radius 3 is 2.52 bits per heavy atom. The van der Waals surface area contributed by atoms with Crippen molar-refractivity contribution in [1.82, 2.24) is 9.78 Å². The van der Waals surface area contributed by atoms with Gasteiger partial charge in [0.25, 0.3) is 5.91 Å². The van der Waals surface area contributed by atoms with Crippen molar-refractivity contribution in [3.8, 4) is 0 Å². The van der Waals surface area contributed by atoms with Gasteiger partial charge in [0.1, 0.15) is 11.5 Å². The quantitative estimate of drug-likeness (QED) is 0.520. The average molecular weight is 364 g/mol. The number of hydrogen-bond donors (Lipinski definition) is 2. The fourth-order valence-electron chi connectivity index (χ4n) is 2.39. The molecule has 0 aliphatic heterocycles. The maximum atomic E-state index is 12.9. The van der Waals surface area contributed by atoms with Gasteiger partial charge >= 0.3 is 0 Å². The number of anilines is 1. The smallest absolute Gasteiger partial charge is 0.271 e. The van der Waals surface area contributed by atoms with Gasteiger partial charge in [0.2, 0.25) is 0 Å². The summed E-state index contributed by atoms with van der Waals surface area (Å²) < 4.78 is 14.5. The fraction of sp³-hybridized carbons (Fsp3) is 0.0500. The van der Waals surface area contributed by atoms with Gasteiger partial charge in [0, 0.05) is 17.8 Å². The molecule has 1 amide bonds. The zero-order chi connectivity index (χ0) is 19.2. The Balaban J connectivity index is 1.62. The molecule has 0 spiro atoms. The number of halogens is 1. The third-order valence-corrected chi connectivity index (χ3v) is 3.76. The van der Waals surface area contributed by atoms with Crippen LogP contribution in [0.25, 0.3) is 0 Å². The lowest BCUT2D eigenvalue weighted by Crippen LogP contribution is -2.21. The van der Waals surface area contributed by atoms with Gasteiger partial charge in [-0.2, -0.15) is 5.10 Å². The number of nitrogens with one attached hydrogen (secondary N) is 1. The topological polar surface area (TPSA) is 90.0 Å². The maximum absolute atomic E-state index is 12.9. The Kier molecular flexibility index (Phi) is 5.41. The van der Waals surface area contributed by atoms with E-state index < -0.39 is 5.91 Å². The van der Waals surface area contributed by atoms with Gasteiger partial charge in [-0.1, -0.05) is 42.5 Å². The molecule has 0 atom stereocenters. The van der Waals surface area contributed by atoms with Crippen LogP contribution in [0.15, 0.2) is 78.8 Å². The van der Waals surface area contributed by atoms with Crippen molar-refractivity contribution in [3.63, 3.8) is 0 Å². The van der Waals surface area contributed by atoms with E-state index in [-0.39, 0.29) is 17.3 Å². The average Bonchev–Trinajstić information content (AvgIpc) is 3.11. The number of carbonyl (C=O) groups excluding carboxylic acids is 2. The highest BCUT2D eigenvalue weighted by Gasteiger charge is 2.11. The normalized spacial score (nSPS) is 11.2. The molecule has 3 N–H and O–H groups in total. The number of aromatic nitrogens is 2. The van der Waals surface area contributed by atoms with Crippen molar-refractivity contribution < 1.29 is 14.0 Å². The Bertz CT molecular complexity index is 979. The molecule has 1 heterocycles. The minimum atomic E-state index is -0.597. The monoisotopic (exact) mass is 364 g/mol. The largest absolute Gasteiger partial charge is 0.394 e. The van der Waals surface area contributed by atoms with E-state index in [0.29, 0.717) is 17.8 Å². The third kappa shape index (κ3) is 4.88. The summed E-state index contributed by atoms with van der Waals surface area (Å²) in [5, 5.41) is 6.72. The molecular formula is C20H17FN4O2. The fourth-order valence-corrected chi connectivity index (χ4v) is 2.39. The van der Waals surface area contributed by atoms with Gasteiger partial charge in [0.15, 0.2) is 5.78 Å². The minimum absolute atomic E-state index is 0.199.